The van der Waals surface area contributed by atoms with Crippen molar-refractivity contribution in [2.45, 2.75) is 56.0 Å². The standard InChI is InChI=1S/C18H26N4O3S/c1-2-3-7-15(18(23)20-13-9-11-19-12-10-13)21-17-14-6-4-5-8-16(14)26(24,25)22-17/h4-6,8,13,15,19H,2-3,7,9-12H2,1H3,(H,20,23)(H,21,22). The number of carbonyl (C=O) groups is 1. The summed E-state index contributed by atoms with van der Waals surface area (Å²) in [6.07, 6.45) is 4.21. The van der Waals surface area contributed by atoms with Crippen molar-refractivity contribution in [3.05, 3.63) is 29.8 Å². The molecule has 3 rings (SSSR count). The van der Waals surface area contributed by atoms with E-state index in [1.807, 2.05) is 0 Å². The molecule has 26 heavy (non-hydrogen) atoms. The van der Waals surface area contributed by atoms with E-state index in [1.54, 1.807) is 24.3 Å². The number of nitrogens with one attached hydrogen (secondary N) is 3. The van der Waals surface area contributed by atoms with E-state index in [4.69, 9.17) is 0 Å². The Morgan fingerprint density at radius 1 is 1.31 bits per heavy atom. The minimum Gasteiger partial charge on any atom is -0.351 e. The molecule has 1 unspecified atom stereocenters. The van der Waals surface area contributed by atoms with Crippen LogP contribution in [0.1, 0.15) is 44.6 Å². The molecule has 2 heterocycles. The van der Waals surface area contributed by atoms with Crippen molar-refractivity contribution in [1.29, 1.82) is 0 Å². The third kappa shape index (κ3) is 4.24. The molecule has 0 aromatic heterocycles. The molecule has 2 aliphatic heterocycles. The Hall–Kier alpha value is -1.93. The topological polar surface area (TPSA) is 99.7 Å². The highest BCUT2D eigenvalue weighted by molar-refractivity contribution is 7.90. The van der Waals surface area contributed by atoms with Gasteiger partial charge in [-0.1, -0.05) is 31.9 Å². The third-order valence-electron chi connectivity index (χ3n) is 4.77. The zero-order valence-corrected chi connectivity index (χ0v) is 15.8. The predicted molar refractivity (Wildman–Crippen MR) is 101 cm³/mol. The molecule has 3 N–H and O–H groups in total. The highest BCUT2D eigenvalue weighted by Gasteiger charge is 2.32. The number of carbonyl (C=O) groups excluding carboxylic acids is 1. The number of rotatable bonds is 6. The molecule has 1 amide bonds. The molecule has 1 aromatic carbocycles. The molecule has 0 aliphatic carbocycles. The molecule has 0 saturated carbocycles. The Kier molecular flexibility index (Phi) is 5.93. The summed E-state index contributed by atoms with van der Waals surface area (Å²) >= 11 is 0. The van der Waals surface area contributed by atoms with Crippen molar-refractivity contribution >= 4 is 21.8 Å². The van der Waals surface area contributed by atoms with Gasteiger partial charge in [0.15, 0.2) is 0 Å². The number of amides is 1. The Labute approximate surface area is 154 Å². The zero-order valence-electron chi connectivity index (χ0n) is 15.0. The number of hydrogen-bond donors (Lipinski definition) is 3. The van der Waals surface area contributed by atoms with Gasteiger partial charge in [0.1, 0.15) is 11.9 Å². The molecular formula is C18H26N4O3S. The normalized spacial score (nSPS) is 21.8. The van der Waals surface area contributed by atoms with E-state index in [1.165, 1.54) is 0 Å². The summed E-state index contributed by atoms with van der Waals surface area (Å²) in [4.78, 5) is 17.5. The second-order valence-corrected chi connectivity index (χ2v) is 8.42. The highest BCUT2D eigenvalue weighted by atomic mass is 32.2. The fourth-order valence-corrected chi connectivity index (χ4v) is 4.54. The number of fused-ring (bicyclic) bond motifs is 1. The average molecular weight is 378 g/mol. The minimum absolute atomic E-state index is 0.124. The number of sulfonamides is 1. The van der Waals surface area contributed by atoms with Crippen molar-refractivity contribution in [3.63, 3.8) is 0 Å². The number of aliphatic imine (C=N–C) groups is 1. The van der Waals surface area contributed by atoms with Gasteiger partial charge in [-0.05, 0) is 44.5 Å². The van der Waals surface area contributed by atoms with Crippen LogP contribution in [0.5, 0.6) is 0 Å². The van der Waals surface area contributed by atoms with Gasteiger partial charge < -0.3 is 10.6 Å². The van der Waals surface area contributed by atoms with Gasteiger partial charge in [-0.15, -0.1) is 0 Å². The van der Waals surface area contributed by atoms with Crippen LogP contribution in [0.3, 0.4) is 0 Å². The molecule has 0 spiro atoms. The molecule has 1 saturated heterocycles. The number of nitrogens with zero attached hydrogens (tertiary/aromatic N) is 1. The Morgan fingerprint density at radius 2 is 2.04 bits per heavy atom. The maximum absolute atomic E-state index is 12.8. The van der Waals surface area contributed by atoms with E-state index in [2.05, 4.69) is 27.3 Å². The van der Waals surface area contributed by atoms with E-state index < -0.39 is 16.1 Å². The lowest BCUT2D eigenvalue weighted by Crippen LogP contribution is -2.46. The third-order valence-corrected chi connectivity index (χ3v) is 6.16. The van der Waals surface area contributed by atoms with Crippen LogP contribution in [0.2, 0.25) is 0 Å². The second-order valence-electron chi connectivity index (χ2n) is 6.77. The van der Waals surface area contributed by atoms with E-state index in [0.717, 1.165) is 38.8 Å². The molecule has 1 aromatic rings. The number of unbranched alkanes of at least 4 members (excludes halogenated alkanes) is 1. The summed E-state index contributed by atoms with van der Waals surface area (Å²) in [5, 5.41) is 6.36. The Morgan fingerprint density at radius 3 is 2.77 bits per heavy atom. The van der Waals surface area contributed by atoms with Crippen LogP contribution < -0.4 is 15.4 Å². The molecular weight excluding hydrogens is 352 g/mol. The summed E-state index contributed by atoms with van der Waals surface area (Å²) in [7, 11) is -3.59. The largest absolute Gasteiger partial charge is 0.351 e. The number of amidine groups is 1. The first-order valence-electron chi connectivity index (χ1n) is 9.22. The number of benzene rings is 1. The lowest BCUT2D eigenvalue weighted by Gasteiger charge is -2.25. The predicted octanol–water partition coefficient (Wildman–Crippen LogP) is 1.15. The molecule has 1 atom stereocenters. The monoisotopic (exact) mass is 378 g/mol. The van der Waals surface area contributed by atoms with E-state index in [0.29, 0.717) is 12.0 Å². The van der Waals surface area contributed by atoms with Crippen LogP contribution in [-0.2, 0) is 14.8 Å². The molecule has 142 valence electrons. The van der Waals surface area contributed by atoms with Gasteiger partial charge in [-0.25, -0.2) is 8.42 Å². The second kappa shape index (κ2) is 8.18. The first-order chi connectivity index (χ1) is 12.5. The molecule has 7 nitrogen and oxygen atoms in total. The molecule has 2 aliphatic rings. The Bertz CT molecular complexity index is 785. The smallest absolute Gasteiger partial charge is 0.263 e. The fraction of sp³-hybridized carbons (Fsp3) is 0.556. The van der Waals surface area contributed by atoms with Crippen LogP contribution >= 0.6 is 0 Å². The average Bonchev–Trinajstić information content (AvgIpc) is 2.90. The first kappa shape index (κ1) is 18.8. The summed E-state index contributed by atoms with van der Waals surface area (Å²) in [5.41, 5.74) is 0.531. The van der Waals surface area contributed by atoms with Crippen LogP contribution in [0.4, 0.5) is 0 Å². The van der Waals surface area contributed by atoms with Gasteiger partial charge in [0, 0.05) is 11.6 Å². The van der Waals surface area contributed by atoms with E-state index in [9.17, 15) is 13.2 Å². The molecule has 0 bridgehead atoms. The quantitative estimate of drug-likeness (QED) is 0.691. The van der Waals surface area contributed by atoms with Gasteiger partial charge in [0.25, 0.3) is 10.0 Å². The summed E-state index contributed by atoms with van der Waals surface area (Å²) in [6, 6.07) is 6.28. The maximum atomic E-state index is 12.8. The molecule has 8 heteroatoms. The van der Waals surface area contributed by atoms with Crippen LogP contribution in [0.25, 0.3) is 0 Å². The summed E-state index contributed by atoms with van der Waals surface area (Å²) in [6.45, 7) is 3.85. The number of hydrogen-bond acceptors (Lipinski definition) is 5. The van der Waals surface area contributed by atoms with Crippen LogP contribution in [0, 0.1) is 0 Å². The Balaban J connectivity index is 1.82. The SMILES string of the molecule is CCCCC(N=C1NS(=O)(=O)c2ccccc21)C(=O)NC1CCNCC1. The van der Waals surface area contributed by atoms with Gasteiger partial charge in [0.05, 0.1) is 4.90 Å². The van der Waals surface area contributed by atoms with E-state index >= 15 is 0 Å². The van der Waals surface area contributed by atoms with Crippen molar-refractivity contribution < 1.29 is 13.2 Å². The number of piperidine rings is 1. The van der Waals surface area contributed by atoms with Gasteiger partial charge in [-0.3, -0.25) is 14.5 Å². The fourth-order valence-electron chi connectivity index (χ4n) is 3.30. The minimum atomic E-state index is -3.59. The maximum Gasteiger partial charge on any atom is 0.263 e. The van der Waals surface area contributed by atoms with Gasteiger partial charge in [0.2, 0.25) is 5.91 Å². The van der Waals surface area contributed by atoms with Crippen LogP contribution in [0.15, 0.2) is 34.2 Å². The van der Waals surface area contributed by atoms with Gasteiger partial charge in [-0.2, -0.15) is 0 Å². The van der Waals surface area contributed by atoms with Crippen LogP contribution in [-0.4, -0.2) is 45.3 Å². The highest BCUT2D eigenvalue weighted by Crippen LogP contribution is 2.23. The van der Waals surface area contributed by atoms with Crippen molar-refractivity contribution in [2.24, 2.45) is 4.99 Å². The molecule has 1 fully saturated rings. The van der Waals surface area contributed by atoms with Crippen molar-refractivity contribution in [1.82, 2.24) is 15.4 Å². The van der Waals surface area contributed by atoms with Crippen molar-refractivity contribution in [2.75, 3.05) is 13.1 Å². The van der Waals surface area contributed by atoms with Crippen molar-refractivity contribution in [3.8, 4) is 0 Å². The van der Waals surface area contributed by atoms with Gasteiger partial charge >= 0.3 is 0 Å². The summed E-state index contributed by atoms with van der Waals surface area (Å²) < 4.78 is 27.0. The first-order valence-corrected chi connectivity index (χ1v) is 10.7. The zero-order chi connectivity index (χ0) is 18.6. The summed E-state index contributed by atoms with van der Waals surface area (Å²) in [5.74, 6) is 0.142. The lowest BCUT2D eigenvalue weighted by molar-refractivity contribution is -0.123. The lowest BCUT2D eigenvalue weighted by atomic mass is 10.0. The molecule has 0 radical (unpaired) electrons. The van der Waals surface area contributed by atoms with E-state index in [-0.39, 0.29) is 22.7 Å².